The summed E-state index contributed by atoms with van der Waals surface area (Å²) in [6, 6.07) is 15.0. The summed E-state index contributed by atoms with van der Waals surface area (Å²) < 4.78 is 14.4. The molecule has 0 unspecified atom stereocenters. The van der Waals surface area contributed by atoms with Crippen LogP contribution in [0.5, 0.6) is 0 Å². The maximum Gasteiger partial charge on any atom is 0.227 e. The fraction of sp³-hybridized carbons (Fsp3) is 0.364. The molecule has 1 saturated carbocycles. The number of amides is 1. The summed E-state index contributed by atoms with van der Waals surface area (Å²) in [4.78, 5) is 14.3. The summed E-state index contributed by atoms with van der Waals surface area (Å²) in [5, 5.41) is 19.7. The summed E-state index contributed by atoms with van der Waals surface area (Å²) >= 11 is 0. The van der Waals surface area contributed by atoms with E-state index in [1.54, 1.807) is 23.1 Å². The molecule has 27 heavy (non-hydrogen) atoms. The highest BCUT2D eigenvalue weighted by atomic mass is 19.1. The molecule has 0 spiro atoms. The van der Waals surface area contributed by atoms with Crippen LogP contribution < -0.4 is 0 Å². The Labute approximate surface area is 157 Å². The highest BCUT2D eigenvalue weighted by Gasteiger charge is 2.53. The summed E-state index contributed by atoms with van der Waals surface area (Å²) in [7, 11) is 0. The molecular weight excluding hydrogens is 343 g/mol. The van der Waals surface area contributed by atoms with Crippen LogP contribution in [0.3, 0.4) is 0 Å². The lowest BCUT2D eigenvalue weighted by atomic mass is 9.71. The molecule has 138 valence electrons. The predicted molar refractivity (Wildman–Crippen MR) is 99.0 cm³/mol. The van der Waals surface area contributed by atoms with Crippen LogP contribution >= 0.6 is 0 Å². The number of aliphatic hydroxyl groups excluding tert-OH is 1. The smallest absolute Gasteiger partial charge is 0.227 e. The van der Waals surface area contributed by atoms with E-state index >= 15 is 0 Å². The van der Waals surface area contributed by atoms with Crippen molar-refractivity contribution < 1.29 is 14.3 Å². The van der Waals surface area contributed by atoms with Crippen LogP contribution in [0.4, 0.5) is 4.39 Å². The molecule has 2 aliphatic rings. The largest absolute Gasteiger partial charge is 0.394 e. The van der Waals surface area contributed by atoms with Gasteiger partial charge in [-0.3, -0.25) is 4.79 Å². The Morgan fingerprint density at radius 1 is 1.15 bits per heavy atom. The number of benzene rings is 2. The fourth-order valence-corrected chi connectivity index (χ4v) is 4.26. The number of aliphatic hydroxyl groups is 1. The van der Waals surface area contributed by atoms with Gasteiger partial charge >= 0.3 is 0 Å². The average molecular weight is 364 g/mol. The van der Waals surface area contributed by atoms with Crippen molar-refractivity contribution in [2.24, 2.45) is 5.92 Å². The van der Waals surface area contributed by atoms with E-state index in [1.165, 1.54) is 6.07 Å². The number of rotatable bonds is 4. The Kier molecular flexibility index (Phi) is 4.67. The monoisotopic (exact) mass is 364 g/mol. The molecule has 1 aliphatic carbocycles. The molecule has 1 heterocycles. The van der Waals surface area contributed by atoms with Gasteiger partial charge in [0.15, 0.2) is 0 Å². The highest BCUT2D eigenvalue weighted by molar-refractivity contribution is 5.83. The first-order valence-corrected chi connectivity index (χ1v) is 9.34. The van der Waals surface area contributed by atoms with E-state index in [0.717, 1.165) is 24.8 Å². The van der Waals surface area contributed by atoms with Crippen molar-refractivity contribution in [3.05, 3.63) is 59.9 Å². The van der Waals surface area contributed by atoms with Gasteiger partial charge in [-0.15, -0.1) is 0 Å². The highest BCUT2D eigenvalue weighted by Crippen LogP contribution is 2.46. The van der Waals surface area contributed by atoms with Gasteiger partial charge in [-0.25, -0.2) is 4.39 Å². The van der Waals surface area contributed by atoms with Crippen LogP contribution in [-0.2, 0) is 4.79 Å². The lowest BCUT2D eigenvalue weighted by Crippen LogP contribution is -2.66. The average Bonchev–Trinajstić information content (AvgIpc) is 2.61. The van der Waals surface area contributed by atoms with E-state index < -0.39 is 12.1 Å². The molecule has 1 amide bonds. The molecule has 1 aliphatic heterocycles. The van der Waals surface area contributed by atoms with E-state index in [4.69, 9.17) is 0 Å². The van der Waals surface area contributed by atoms with Crippen LogP contribution in [0, 0.1) is 23.1 Å². The molecule has 4 rings (SSSR count). The fourth-order valence-electron chi connectivity index (χ4n) is 4.26. The van der Waals surface area contributed by atoms with Crippen molar-refractivity contribution in [2.45, 2.75) is 37.3 Å². The van der Waals surface area contributed by atoms with Crippen molar-refractivity contribution >= 4 is 5.91 Å². The van der Waals surface area contributed by atoms with E-state index in [9.17, 15) is 19.6 Å². The summed E-state index contributed by atoms with van der Waals surface area (Å²) in [6.45, 7) is -0.215. The molecule has 2 aromatic carbocycles. The van der Waals surface area contributed by atoms with Gasteiger partial charge in [0.2, 0.25) is 5.91 Å². The van der Waals surface area contributed by atoms with Crippen LogP contribution in [0.2, 0.25) is 0 Å². The van der Waals surface area contributed by atoms with Gasteiger partial charge in [0.25, 0.3) is 0 Å². The SMILES string of the molecule is N#C[C@H]1[C@@H](c2ccccc2-c2ccccc2F)[C@@H](CO)N1C(=O)C1CCC1. The standard InChI is InChI=1S/C22H21FN2O2/c23-18-11-4-3-9-16(18)15-8-1-2-10-17(15)21-19(12-24)25(20(21)13-26)22(27)14-6-5-7-14/h1-4,8-11,14,19-21,26H,5-7,13H2/t19-,20+,21+/m0/s1. The Bertz CT molecular complexity index is 903. The number of carbonyl (C=O) groups is 1. The topological polar surface area (TPSA) is 64.3 Å². The number of likely N-dealkylation sites (tertiary alicyclic amines) is 1. The van der Waals surface area contributed by atoms with Gasteiger partial charge in [0, 0.05) is 17.4 Å². The quantitative estimate of drug-likeness (QED) is 0.903. The third kappa shape index (κ3) is 2.81. The minimum atomic E-state index is -0.636. The van der Waals surface area contributed by atoms with Crippen LogP contribution in [-0.4, -0.2) is 34.6 Å². The van der Waals surface area contributed by atoms with Gasteiger partial charge in [-0.1, -0.05) is 48.9 Å². The maximum atomic E-state index is 14.4. The number of carbonyl (C=O) groups excluding carboxylic acids is 1. The third-order valence-electron chi connectivity index (χ3n) is 5.92. The maximum absolute atomic E-state index is 14.4. The van der Waals surface area contributed by atoms with Gasteiger partial charge < -0.3 is 10.0 Å². The second kappa shape index (κ2) is 7.13. The molecule has 0 aromatic heterocycles. The van der Waals surface area contributed by atoms with Crippen molar-refractivity contribution in [3.63, 3.8) is 0 Å². The minimum Gasteiger partial charge on any atom is -0.394 e. The molecular formula is C22H21FN2O2. The van der Waals surface area contributed by atoms with Crippen LogP contribution in [0.15, 0.2) is 48.5 Å². The summed E-state index contributed by atoms with van der Waals surface area (Å²) in [6.07, 6.45) is 2.73. The molecule has 1 saturated heterocycles. The summed E-state index contributed by atoms with van der Waals surface area (Å²) in [5.41, 5.74) is 1.96. The molecule has 2 aromatic rings. The van der Waals surface area contributed by atoms with Crippen molar-refractivity contribution in [1.82, 2.24) is 4.90 Å². The Morgan fingerprint density at radius 3 is 2.41 bits per heavy atom. The van der Waals surface area contributed by atoms with E-state index in [2.05, 4.69) is 6.07 Å². The Balaban J connectivity index is 1.72. The molecule has 1 N–H and O–H groups in total. The minimum absolute atomic E-state index is 0.0299. The van der Waals surface area contributed by atoms with Crippen molar-refractivity contribution in [1.29, 1.82) is 5.26 Å². The molecule has 2 fully saturated rings. The first-order valence-electron chi connectivity index (χ1n) is 9.34. The number of nitriles is 1. The zero-order valence-electron chi connectivity index (χ0n) is 14.9. The van der Waals surface area contributed by atoms with E-state index in [1.807, 2.05) is 24.3 Å². The van der Waals surface area contributed by atoms with Crippen LogP contribution in [0.25, 0.3) is 11.1 Å². The van der Waals surface area contributed by atoms with E-state index in [0.29, 0.717) is 11.1 Å². The zero-order valence-corrected chi connectivity index (χ0v) is 14.9. The molecule has 5 heteroatoms. The van der Waals surface area contributed by atoms with Gasteiger partial charge in [0.1, 0.15) is 11.9 Å². The van der Waals surface area contributed by atoms with E-state index in [-0.39, 0.29) is 30.2 Å². The molecule has 3 atom stereocenters. The summed E-state index contributed by atoms with van der Waals surface area (Å²) in [5.74, 6) is -0.732. The van der Waals surface area contributed by atoms with Crippen molar-refractivity contribution in [2.75, 3.05) is 6.61 Å². The van der Waals surface area contributed by atoms with Gasteiger partial charge in [0.05, 0.1) is 18.7 Å². The second-order valence-corrected chi connectivity index (χ2v) is 7.29. The Hall–Kier alpha value is -2.71. The Morgan fingerprint density at radius 2 is 1.81 bits per heavy atom. The van der Waals surface area contributed by atoms with Gasteiger partial charge in [-0.2, -0.15) is 5.26 Å². The first-order chi connectivity index (χ1) is 13.2. The number of nitrogens with zero attached hydrogens (tertiary/aromatic N) is 2. The first kappa shape index (κ1) is 17.7. The van der Waals surface area contributed by atoms with Crippen molar-refractivity contribution in [3.8, 4) is 17.2 Å². The normalized spacial score (nSPS) is 24.6. The zero-order chi connectivity index (χ0) is 19.0. The molecule has 0 radical (unpaired) electrons. The van der Waals surface area contributed by atoms with Gasteiger partial charge in [-0.05, 0) is 30.0 Å². The third-order valence-corrected chi connectivity index (χ3v) is 5.92. The number of halogens is 1. The molecule has 4 nitrogen and oxygen atoms in total. The number of hydrogen-bond acceptors (Lipinski definition) is 3. The van der Waals surface area contributed by atoms with Crippen LogP contribution in [0.1, 0.15) is 30.7 Å². The second-order valence-electron chi connectivity index (χ2n) is 7.29. The number of hydrogen-bond donors (Lipinski definition) is 1. The lowest BCUT2D eigenvalue weighted by molar-refractivity contribution is -0.154. The predicted octanol–water partition coefficient (Wildman–Crippen LogP) is 3.47. The lowest BCUT2D eigenvalue weighted by Gasteiger charge is -2.53. The molecule has 0 bridgehead atoms.